The molecule has 0 unspecified atom stereocenters. The van der Waals surface area contributed by atoms with E-state index in [1.807, 2.05) is 12.1 Å². The lowest BCUT2D eigenvalue weighted by molar-refractivity contribution is 0.203. The van der Waals surface area contributed by atoms with Crippen LogP contribution in [0.4, 0.5) is 0 Å². The summed E-state index contributed by atoms with van der Waals surface area (Å²) >= 11 is -2.32. The molecule has 0 fully saturated rings. The Kier molecular flexibility index (Phi) is 4.26. The van der Waals surface area contributed by atoms with E-state index in [1.54, 1.807) is 0 Å². The predicted octanol–water partition coefficient (Wildman–Crippen LogP) is 5.84. The lowest BCUT2D eigenvalue weighted by Crippen LogP contribution is -2.33. The van der Waals surface area contributed by atoms with Crippen LogP contribution in [0.3, 0.4) is 0 Å². The molecule has 0 aliphatic carbocycles. The minimum absolute atomic E-state index is 0.642. The lowest BCUT2D eigenvalue weighted by Gasteiger charge is -2.15. The summed E-state index contributed by atoms with van der Waals surface area (Å²) in [5.41, 5.74) is 2.19. The Morgan fingerprint density at radius 1 is 0.704 bits per heavy atom. The van der Waals surface area contributed by atoms with E-state index >= 15 is 0 Å². The van der Waals surface area contributed by atoms with Crippen LogP contribution in [-0.2, 0) is 3.79 Å². The average Bonchev–Trinajstić information content (AvgIpc) is 2.88. The Morgan fingerprint density at radius 3 is 1.74 bits per heavy atom. The molecule has 0 N–H and O–H groups in total. The fourth-order valence-corrected chi connectivity index (χ4v) is 5.15. The highest BCUT2D eigenvalue weighted by Crippen LogP contribution is 2.47. The standard InChI is InChI=1S/C20H14O2.C3H7O.Al/c21-17-11-9-13-5-1-3-7-15(13)19(17)20-16-8-4-2-6-14(16)10-12-18(20)22;1-2-3-4;/h1-12,21-22H;2-3H2,1H3;/q;-1;+3/p-2. The van der Waals surface area contributed by atoms with Crippen LogP contribution in [0.2, 0.25) is 0 Å². The minimum Gasteiger partial charge on any atom is -0.588 e. The molecule has 0 atom stereocenters. The second-order valence-electron chi connectivity index (χ2n) is 6.71. The van der Waals surface area contributed by atoms with Gasteiger partial charge in [-0.2, -0.15) is 0 Å². The molecule has 4 aromatic rings. The summed E-state index contributed by atoms with van der Waals surface area (Å²) in [4.78, 5) is 0. The Labute approximate surface area is 163 Å². The highest BCUT2D eigenvalue weighted by Gasteiger charge is 2.43. The molecule has 3 nitrogen and oxygen atoms in total. The quantitative estimate of drug-likeness (QED) is 0.424. The topological polar surface area (TPSA) is 27.7 Å². The summed E-state index contributed by atoms with van der Waals surface area (Å²) < 4.78 is 18.5. The molecule has 132 valence electrons. The molecule has 0 bridgehead atoms. The molecule has 1 heterocycles. The number of benzene rings is 4. The second kappa shape index (κ2) is 6.90. The molecule has 4 aromatic carbocycles. The molecule has 0 radical (unpaired) electrons. The van der Waals surface area contributed by atoms with Gasteiger partial charge < -0.3 is 11.4 Å². The van der Waals surface area contributed by atoms with Crippen molar-refractivity contribution in [3.63, 3.8) is 0 Å². The molecular weight excluding hydrogens is 351 g/mol. The van der Waals surface area contributed by atoms with Gasteiger partial charge in [-0.15, -0.1) is 0 Å². The van der Waals surface area contributed by atoms with Crippen LogP contribution in [0.25, 0.3) is 32.7 Å². The number of hydrogen-bond donors (Lipinski definition) is 0. The van der Waals surface area contributed by atoms with Gasteiger partial charge in [0.05, 0.1) is 11.5 Å². The van der Waals surface area contributed by atoms with Gasteiger partial charge in [0.2, 0.25) is 0 Å². The third-order valence-corrected chi connectivity index (χ3v) is 6.34. The third kappa shape index (κ3) is 2.87. The van der Waals surface area contributed by atoms with Crippen LogP contribution in [-0.4, -0.2) is 21.8 Å². The zero-order chi connectivity index (χ0) is 18.2. The first kappa shape index (κ1) is 16.7. The summed E-state index contributed by atoms with van der Waals surface area (Å²) in [6, 6.07) is 25.2. The van der Waals surface area contributed by atoms with Gasteiger partial charge in [-0.25, -0.2) is 0 Å². The van der Waals surface area contributed by atoms with Crippen molar-refractivity contribution in [2.75, 3.05) is 6.61 Å². The van der Waals surface area contributed by atoms with Crippen molar-refractivity contribution in [2.24, 2.45) is 0 Å². The van der Waals surface area contributed by atoms with E-state index in [9.17, 15) is 0 Å². The zero-order valence-electron chi connectivity index (χ0n) is 15.1. The lowest BCUT2D eigenvalue weighted by atomic mass is 9.92. The van der Waals surface area contributed by atoms with Crippen LogP contribution < -0.4 is 7.58 Å². The molecule has 0 saturated heterocycles. The van der Waals surface area contributed by atoms with Gasteiger partial charge in [-0.05, 0) is 40.1 Å². The monoisotopic (exact) mass is 370 g/mol. The van der Waals surface area contributed by atoms with Gasteiger partial charge in [0.25, 0.3) is 0 Å². The maximum Gasteiger partial charge on any atom is 1.10 e. The van der Waals surface area contributed by atoms with Crippen molar-refractivity contribution in [3.8, 4) is 22.6 Å². The van der Waals surface area contributed by atoms with Gasteiger partial charge >= 0.3 is 15.1 Å². The maximum atomic E-state index is 6.29. The molecule has 27 heavy (non-hydrogen) atoms. The first-order chi connectivity index (χ1) is 13.3. The van der Waals surface area contributed by atoms with Gasteiger partial charge in [0, 0.05) is 17.7 Å². The largest absolute Gasteiger partial charge is 1.10 e. The van der Waals surface area contributed by atoms with Crippen LogP contribution >= 0.6 is 0 Å². The molecule has 0 amide bonds. The van der Waals surface area contributed by atoms with Crippen molar-refractivity contribution >= 4 is 36.7 Å². The highest BCUT2D eigenvalue weighted by molar-refractivity contribution is 6.39. The van der Waals surface area contributed by atoms with Crippen LogP contribution in [0.15, 0.2) is 72.8 Å². The average molecular weight is 370 g/mol. The summed E-state index contributed by atoms with van der Waals surface area (Å²) in [5.74, 6) is 1.69. The molecule has 0 saturated carbocycles. The van der Waals surface area contributed by atoms with Gasteiger partial charge in [-0.1, -0.05) is 67.6 Å². The van der Waals surface area contributed by atoms with Crippen molar-refractivity contribution in [1.82, 2.24) is 0 Å². The van der Waals surface area contributed by atoms with Gasteiger partial charge in [0.15, 0.2) is 0 Å². The van der Waals surface area contributed by atoms with Gasteiger partial charge in [-0.3, -0.25) is 0 Å². The van der Waals surface area contributed by atoms with Crippen molar-refractivity contribution in [3.05, 3.63) is 72.8 Å². The molecule has 1 aliphatic heterocycles. The molecule has 0 spiro atoms. The smallest absolute Gasteiger partial charge is 0.588 e. The summed E-state index contributed by atoms with van der Waals surface area (Å²) in [7, 11) is 0. The van der Waals surface area contributed by atoms with Gasteiger partial charge in [0.1, 0.15) is 0 Å². The Morgan fingerprint density at radius 2 is 1.22 bits per heavy atom. The van der Waals surface area contributed by atoms with E-state index in [2.05, 4.69) is 67.6 Å². The number of fused-ring (bicyclic) bond motifs is 7. The molecule has 5 rings (SSSR count). The number of rotatable bonds is 3. The second-order valence-corrected chi connectivity index (χ2v) is 8.10. The Balaban J connectivity index is 1.84. The highest BCUT2D eigenvalue weighted by atomic mass is 27.3. The van der Waals surface area contributed by atoms with Crippen molar-refractivity contribution in [1.29, 1.82) is 0 Å². The molecule has 1 aliphatic rings. The molecular formula is C23H19AlO3. The van der Waals surface area contributed by atoms with E-state index in [4.69, 9.17) is 11.4 Å². The van der Waals surface area contributed by atoms with E-state index in [0.717, 1.165) is 29.0 Å². The fourth-order valence-electron chi connectivity index (χ4n) is 3.73. The Bertz CT molecular complexity index is 1050. The zero-order valence-corrected chi connectivity index (χ0v) is 16.3. The number of hydrogen-bond acceptors (Lipinski definition) is 3. The van der Waals surface area contributed by atoms with E-state index < -0.39 is 15.1 Å². The summed E-state index contributed by atoms with van der Waals surface area (Å²) in [5, 5.41) is 4.71. The molecule has 4 heteroatoms. The first-order valence-electron chi connectivity index (χ1n) is 9.34. The predicted molar refractivity (Wildman–Crippen MR) is 110 cm³/mol. The minimum atomic E-state index is -2.32. The van der Waals surface area contributed by atoms with E-state index in [-0.39, 0.29) is 0 Å². The van der Waals surface area contributed by atoms with Crippen LogP contribution in [0.5, 0.6) is 11.5 Å². The third-order valence-electron chi connectivity index (χ3n) is 4.94. The normalized spacial score (nSPS) is 12.9. The van der Waals surface area contributed by atoms with Crippen molar-refractivity contribution < 1.29 is 11.4 Å². The van der Waals surface area contributed by atoms with Crippen LogP contribution in [0.1, 0.15) is 13.3 Å². The van der Waals surface area contributed by atoms with Crippen molar-refractivity contribution in [2.45, 2.75) is 13.3 Å². The fraction of sp³-hybridized carbons (Fsp3) is 0.130. The SMILES string of the molecule is CCC[O][Al]1[O]c2ccc3ccccc3c2-c2c(ccc3ccccc23)[O]1. The molecule has 0 aromatic heterocycles. The Hall–Kier alpha value is -2.51. The van der Waals surface area contributed by atoms with Crippen LogP contribution in [0, 0.1) is 0 Å². The van der Waals surface area contributed by atoms with E-state index in [1.165, 1.54) is 21.5 Å². The van der Waals surface area contributed by atoms with E-state index in [0.29, 0.717) is 6.61 Å². The summed E-state index contributed by atoms with van der Waals surface area (Å²) in [6.07, 6.45) is 0.936. The maximum absolute atomic E-state index is 6.29. The summed E-state index contributed by atoms with van der Waals surface area (Å²) in [6.45, 7) is 2.73. The first-order valence-corrected chi connectivity index (χ1v) is 10.8.